The largest absolute Gasteiger partial charge is 0.308 e. The molecule has 4 atom stereocenters. The summed E-state index contributed by atoms with van der Waals surface area (Å²) >= 11 is 0. The number of hydrogen-bond acceptors (Lipinski definition) is 5. The Hall–Kier alpha value is -2.84. The SMILES string of the molecule is CC1(C)C2CC[C@]1(CS(=O)(=O)O)C(=O)C2.c1ccc(CN[C@H]2C3CCN(CC3)[C@H]2C(c2ccccc2)c2ccccc2)cc1. The molecule has 0 amide bonds. The molecule has 2 saturated carbocycles. The van der Waals surface area contributed by atoms with E-state index < -0.39 is 21.3 Å². The number of fused-ring (bicyclic) bond motifs is 5. The van der Waals surface area contributed by atoms with Gasteiger partial charge in [-0.3, -0.25) is 14.2 Å². The number of piperidine rings is 3. The van der Waals surface area contributed by atoms with Gasteiger partial charge in [-0.2, -0.15) is 8.42 Å². The number of nitrogens with one attached hydrogen (secondary N) is 1. The fourth-order valence-electron chi connectivity index (χ4n) is 8.95. The first-order valence-electron chi connectivity index (χ1n) is 16.2. The van der Waals surface area contributed by atoms with Crippen molar-refractivity contribution in [3.8, 4) is 0 Å². The Labute approximate surface area is 263 Å². The van der Waals surface area contributed by atoms with Gasteiger partial charge in [-0.1, -0.05) is 105 Å². The molecule has 3 aromatic carbocycles. The Morgan fingerprint density at radius 3 is 1.89 bits per heavy atom. The first kappa shape index (κ1) is 31.2. The van der Waals surface area contributed by atoms with Crippen molar-refractivity contribution >= 4 is 15.9 Å². The Morgan fingerprint density at radius 2 is 1.41 bits per heavy atom. The van der Waals surface area contributed by atoms with Crippen LogP contribution in [0.5, 0.6) is 0 Å². The van der Waals surface area contributed by atoms with Gasteiger partial charge in [0.15, 0.2) is 0 Å². The zero-order valence-corrected chi connectivity index (χ0v) is 26.8. The normalized spacial score (nSPS) is 30.3. The van der Waals surface area contributed by atoms with Gasteiger partial charge in [0.25, 0.3) is 10.1 Å². The summed E-state index contributed by atoms with van der Waals surface area (Å²) in [5, 5.41) is 4.00. The Morgan fingerprint density at radius 1 is 0.864 bits per heavy atom. The molecule has 8 rings (SSSR count). The van der Waals surface area contributed by atoms with E-state index in [1.54, 1.807) is 0 Å². The van der Waals surface area contributed by atoms with Gasteiger partial charge in [0, 0.05) is 31.0 Å². The standard InChI is InChI=1S/C27H30N2.C10H16O4S/c1-4-10-21(11-5-1)20-28-26-24-16-18-29(19-17-24)27(26)25(22-12-6-2-7-13-22)23-14-8-3-9-15-23;1-9(2)7-3-4-10(9,8(11)5-7)6-15(12,13)14/h1-15,24-28H,16-20H2;7H,3-6H2,1-2H3,(H,12,13,14)/t26-,27-;7?,10-/m00/s1. The molecule has 7 heteroatoms. The number of Topliss-reactive ketones (excluding diaryl/α,β-unsaturated/α-hetero) is 1. The Kier molecular flexibility index (Phi) is 8.86. The molecule has 0 spiro atoms. The smallest absolute Gasteiger partial charge is 0.265 e. The second-order valence-electron chi connectivity index (χ2n) is 13.9. The minimum atomic E-state index is -4.08. The van der Waals surface area contributed by atoms with E-state index in [-0.39, 0.29) is 17.1 Å². The van der Waals surface area contributed by atoms with E-state index in [1.165, 1.54) is 42.6 Å². The van der Waals surface area contributed by atoms with Crippen molar-refractivity contribution in [1.29, 1.82) is 0 Å². The molecule has 3 saturated heterocycles. The third kappa shape index (κ3) is 6.04. The molecule has 3 aliphatic heterocycles. The second kappa shape index (κ2) is 12.5. The third-order valence-corrected chi connectivity index (χ3v) is 12.3. The molecule has 2 aliphatic carbocycles. The van der Waals surface area contributed by atoms with Crippen LogP contribution in [0.1, 0.15) is 68.6 Å². The van der Waals surface area contributed by atoms with Crippen molar-refractivity contribution in [2.45, 2.75) is 70.5 Å². The van der Waals surface area contributed by atoms with Crippen molar-refractivity contribution < 1.29 is 17.8 Å². The highest BCUT2D eigenvalue weighted by atomic mass is 32.2. The summed E-state index contributed by atoms with van der Waals surface area (Å²) in [5.41, 5.74) is 3.12. The topological polar surface area (TPSA) is 86.7 Å². The summed E-state index contributed by atoms with van der Waals surface area (Å²) in [6, 6.07) is 34.1. The predicted octanol–water partition coefficient (Wildman–Crippen LogP) is 6.34. The lowest BCUT2D eigenvalue weighted by molar-refractivity contribution is -0.128. The van der Waals surface area contributed by atoms with E-state index in [4.69, 9.17) is 4.55 Å². The maximum absolute atomic E-state index is 11.9. The van der Waals surface area contributed by atoms with Crippen LogP contribution in [0.4, 0.5) is 0 Å². The van der Waals surface area contributed by atoms with E-state index >= 15 is 0 Å². The van der Waals surface area contributed by atoms with E-state index in [9.17, 15) is 13.2 Å². The summed E-state index contributed by atoms with van der Waals surface area (Å²) in [7, 11) is -4.08. The first-order valence-corrected chi connectivity index (χ1v) is 17.8. The predicted molar refractivity (Wildman–Crippen MR) is 175 cm³/mol. The van der Waals surface area contributed by atoms with Crippen LogP contribution in [0.15, 0.2) is 91.0 Å². The molecule has 2 N–H and O–H groups in total. The Bertz CT molecular complexity index is 1480. The van der Waals surface area contributed by atoms with Crippen LogP contribution in [0.25, 0.3) is 0 Å². The average molecular weight is 615 g/mol. The molecule has 5 aliphatic rings. The molecule has 5 fully saturated rings. The number of ketones is 1. The zero-order chi connectivity index (χ0) is 31.0. The van der Waals surface area contributed by atoms with Crippen LogP contribution in [0.2, 0.25) is 0 Å². The fraction of sp³-hybridized carbons (Fsp3) is 0.486. The molecule has 1 unspecified atom stereocenters. The van der Waals surface area contributed by atoms with Gasteiger partial charge < -0.3 is 5.32 Å². The van der Waals surface area contributed by atoms with Crippen LogP contribution >= 0.6 is 0 Å². The van der Waals surface area contributed by atoms with Crippen LogP contribution in [0.3, 0.4) is 0 Å². The van der Waals surface area contributed by atoms with E-state index in [2.05, 4.69) is 101 Å². The van der Waals surface area contributed by atoms with E-state index in [0.29, 0.717) is 30.8 Å². The van der Waals surface area contributed by atoms with Gasteiger partial charge in [-0.15, -0.1) is 0 Å². The molecule has 6 nitrogen and oxygen atoms in total. The lowest BCUT2D eigenvalue weighted by Gasteiger charge is -2.54. The average Bonchev–Trinajstić information content (AvgIpc) is 3.37. The molecule has 3 aromatic rings. The van der Waals surface area contributed by atoms with Crippen LogP contribution < -0.4 is 5.32 Å². The highest BCUT2D eigenvalue weighted by Gasteiger charge is 2.65. The minimum Gasteiger partial charge on any atom is -0.308 e. The van der Waals surface area contributed by atoms with Crippen molar-refractivity contribution in [2.75, 3.05) is 18.8 Å². The molecule has 3 heterocycles. The van der Waals surface area contributed by atoms with Crippen LogP contribution in [-0.2, 0) is 21.5 Å². The number of carbonyl (C=O) groups is 1. The van der Waals surface area contributed by atoms with Gasteiger partial charge in [-0.05, 0) is 72.7 Å². The van der Waals surface area contributed by atoms with Crippen molar-refractivity contribution in [2.24, 2.45) is 22.7 Å². The lowest BCUT2D eigenvalue weighted by atomic mass is 9.70. The van der Waals surface area contributed by atoms with Crippen molar-refractivity contribution in [1.82, 2.24) is 10.2 Å². The van der Waals surface area contributed by atoms with Crippen LogP contribution in [0, 0.1) is 22.7 Å². The van der Waals surface area contributed by atoms with Gasteiger partial charge >= 0.3 is 0 Å². The second-order valence-corrected chi connectivity index (χ2v) is 15.4. The summed E-state index contributed by atoms with van der Waals surface area (Å²) < 4.78 is 31.0. The Balaban J connectivity index is 0.000000193. The maximum atomic E-state index is 11.9. The number of rotatable bonds is 8. The molecule has 0 radical (unpaired) electrons. The number of carbonyl (C=O) groups excluding carboxylic acids is 1. The van der Waals surface area contributed by atoms with Gasteiger partial charge in [0.05, 0.1) is 11.2 Å². The monoisotopic (exact) mass is 614 g/mol. The van der Waals surface area contributed by atoms with E-state index in [0.717, 1.165) is 18.9 Å². The molecule has 4 bridgehead atoms. The molecular weight excluding hydrogens is 568 g/mol. The number of nitrogens with zero attached hydrogens (tertiary/aromatic N) is 1. The maximum Gasteiger partial charge on any atom is 0.265 e. The van der Waals surface area contributed by atoms with Gasteiger partial charge in [0.2, 0.25) is 0 Å². The highest BCUT2D eigenvalue weighted by Crippen LogP contribution is 2.64. The number of hydrogen-bond donors (Lipinski definition) is 2. The summed E-state index contributed by atoms with van der Waals surface area (Å²) in [6.07, 6.45) is 4.61. The van der Waals surface area contributed by atoms with Gasteiger partial charge in [-0.25, -0.2) is 0 Å². The first-order chi connectivity index (χ1) is 21.1. The quantitative estimate of drug-likeness (QED) is 0.288. The number of benzene rings is 3. The summed E-state index contributed by atoms with van der Waals surface area (Å²) in [4.78, 5) is 14.6. The summed E-state index contributed by atoms with van der Waals surface area (Å²) in [5.74, 6) is 1.06. The van der Waals surface area contributed by atoms with Crippen molar-refractivity contribution in [3.05, 3.63) is 108 Å². The third-order valence-electron chi connectivity index (χ3n) is 11.5. The molecule has 44 heavy (non-hydrogen) atoms. The fourth-order valence-corrected chi connectivity index (χ4v) is 10.2. The lowest BCUT2D eigenvalue weighted by Crippen LogP contribution is -2.64. The highest BCUT2D eigenvalue weighted by molar-refractivity contribution is 7.85. The van der Waals surface area contributed by atoms with E-state index in [1.807, 2.05) is 13.8 Å². The molecule has 0 aromatic heterocycles. The van der Waals surface area contributed by atoms with Crippen LogP contribution in [-0.4, -0.2) is 54.6 Å². The van der Waals surface area contributed by atoms with Crippen molar-refractivity contribution in [3.63, 3.8) is 0 Å². The minimum absolute atomic E-state index is 0.0152. The summed E-state index contributed by atoms with van der Waals surface area (Å²) in [6.45, 7) is 7.30. The molecule has 234 valence electrons. The zero-order valence-electron chi connectivity index (χ0n) is 25.9. The van der Waals surface area contributed by atoms with Gasteiger partial charge in [0.1, 0.15) is 5.78 Å². The molecular formula is C37H46N2O4S.